The van der Waals surface area contributed by atoms with Gasteiger partial charge in [0.05, 0.1) is 0 Å². The lowest BCUT2D eigenvalue weighted by Crippen LogP contribution is -2.55. The van der Waals surface area contributed by atoms with E-state index in [9.17, 15) is 14.4 Å². The highest BCUT2D eigenvalue weighted by Crippen LogP contribution is 2.24. The summed E-state index contributed by atoms with van der Waals surface area (Å²) >= 11 is 0. The number of hydrogen-bond donors (Lipinski definition) is 2. The molecule has 2 heterocycles. The zero-order valence-corrected chi connectivity index (χ0v) is 18.3. The van der Waals surface area contributed by atoms with Gasteiger partial charge in [-0.15, -0.1) is 0 Å². The van der Waals surface area contributed by atoms with E-state index in [1.807, 2.05) is 37.8 Å². The lowest BCUT2D eigenvalue weighted by Gasteiger charge is -2.37. The van der Waals surface area contributed by atoms with Crippen LogP contribution in [0.15, 0.2) is 24.3 Å². The summed E-state index contributed by atoms with van der Waals surface area (Å²) < 4.78 is 0. The molecule has 4 amide bonds. The molecule has 7 nitrogen and oxygen atoms in total. The Labute approximate surface area is 179 Å². The summed E-state index contributed by atoms with van der Waals surface area (Å²) in [7, 11) is 0. The third kappa shape index (κ3) is 5.52. The molecule has 0 spiro atoms. The van der Waals surface area contributed by atoms with Crippen LogP contribution in [0.2, 0.25) is 0 Å². The molecular formula is C23H34N4O3. The zero-order valence-electron chi connectivity index (χ0n) is 18.3. The van der Waals surface area contributed by atoms with Crippen molar-refractivity contribution in [1.29, 1.82) is 0 Å². The number of nitrogens with zero attached hydrogens (tertiary/aromatic N) is 2. The van der Waals surface area contributed by atoms with Crippen LogP contribution in [0.25, 0.3) is 0 Å². The van der Waals surface area contributed by atoms with Crippen LogP contribution >= 0.6 is 0 Å². The van der Waals surface area contributed by atoms with Crippen LogP contribution in [0.1, 0.15) is 55.5 Å². The average Bonchev–Trinajstić information content (AvgIpc) is 3.26. The fourth-order valence-electron chi connectivity index (χ4n) is 4.22. The molecule has 2 aliphatic rings. The molecule has 0 aromatic heterocycles. The van der Waals surface area contributed by atoms with Gasteiger partial charge in [-0.05, 0) is 64.5 Å². The number of likely N-dealkylation sites (tertiary alicyclic amines) is 2. The topological polar surface area (TPSA) is 81.8 Å². The first-order chi connectivity index (χ1) is 14.3. The van der Waals surface area contributed by atoms with E-state index in [0.29, 0.717) is 31.5 Å². The van der Waals surface area contributed by atoms with E-state index in [0.717, 1.165) is 31.5 Å². The Kier molecular flexibility index (Phi) is 7.34. The second-order valence-electron chi connectivity index (χ2n) is 8.78. The van der Waals surface area contributed by atoms with Gasteiger partial charge in [-0.2, -0.15) is 0 Å². The van der Waals surface area contributed by atoms with Crippen molar-refractivity contribution < 1.29 is 14.4 Å². The fourth-order valence-corrected chi connectivity index (χ4v) is 4.22. The number of benzene rings is 1. The third-order valence-electron chi connectivity index (χ3n) is 5.99. The number of aryl methyl sites for hydroxylation is 1. The molecule has 164 valence electrons. The standard InChI is InChI=1S/C23H34N4O3/c1-16(2)24-23(30)27-14-10-18(11-15-27)20(22(29)26-12-4-5-13-26)25-21(28)19-8-6-17(3)7-9-19/h6-9,16,18,20H,4-5,10-15H2,1-3H3,(H,24,30)(H,25,28)/t20-/m0/s1. The Morgan fingerprint density at radius 1 is 0.900 bits per heavy atom. The Hall–Kier alpha value is -2.57. The molecule has 2 saturated heterocycles. The quantitative estimate of drug-likeness (QED) is 0.777. The summed E-state index contributed by atoms with van der Waals surface area (Å²) in [5.74, 6) is -0.179. The Morgan fingerprint density at radius 2 is 1.50 bits per heavy atom. The summed E-state index contributed by atoms with van der Waals surface area (Å²) in [6.45, 7) is 8.55. The third-order valence-corrected chi connectivity index (χ3v) is 5.99. The van der Waals surface area contributed by atoms with E-state index in [2.05, 4.69) is 10.6 Å². The summed E-state index contributed by atoms with van der Waals surface area (Å²) in [4.78, 5) is 42.1. The molecular weight excluding hydrogens is 380 g/mol. The van der Waals surface area contributed by atoms with Crippen molar-refractivity contribution in [1.82, 2.24) is 20.4 Å². The van der Waals surface area contributed by atoms with Crippen LogP contribution in [0.4, 0.5) is 4.79 Å². The second kappa shape index (κ2) is 9.96. The molecule has 30 heavy (non-hydrogen) atoms. The van der Waals surface area contributed by atoms with E-state index in [4.69, 9.17) is 0 Å². The zero-order chi connectivity index (χ0) is 21.7. The first-order valence-electron chi connectivity index (χ1n) is 11.1. The molecule has 1 aromatic rings. The number of carbonyl (C=O) groups is 3. The van der Waals surface area contributed by atoms with Gasteiger partial charge in [-0.1, -0.05) is 17.7 Å². The largest absolute Gasteiger partial charge is 0.341 e. The average molecular weight is 415 g/mol. The van der Waals surface area contributed by atoms with Gasteiger partial charge in [-0.25, -0.2) is 4.79 Å². The lowest BCUT2D eigenvalue weighted by atomic mass is 9.88. The smallest absolute Gasteiger partial charge is 0.317 e. The highest BCUT2D eigenvalue weighted by molar-refractivity contribution is 5.97. The fraction of sp³-hybridized carbons (Fsp3) is 0.609. The summed E-state index contributed by atoms with van der Waals surface area (Å²) in [6, 6.07) is 6.87. The molecule has 3 rings (SSSR count). The molecule has 2 aliphatic heterocycles. The maximum absolute atomic E-state index is 13.2. The minimum absolute atomic E-state index is 0.0121. The lowest BCUT2D eigenvalue weighted by molar-refractivity contribution is -0.134. The maximum Gasteiger partial charge on any atom is 0.317 e. The number of carbonyl (C=O) groups excluding carboxylic acids is 3. The number of urea groups is 1. The normalized spacial score (nSPS) is 18.4. The Bertz CT molecular complexity index is 748. The van der Waals surface area contributed by atoms with Crippen molar-refractivity contribution in [2.45, 2.75) is 58.5 Å². The van der Waals surface area contributed by atoms with Crippen LogP contribution in [-0.2, 0) is 4.79 Å². The van der Waals surface area contributed by atoms with E-state index in [1.54, 1.807) is 17.0 Å². The van der Waals surface area contributed by atoms with Gasteiger partial charge < -0.3 is 20.4 Å². The van der Waals surface area contributed by atoms with Crippen LogP contribution in [-0.4, -0.2) is 65.9 Å². The van der Waals surface area contributed by atoms with E-state index in [1.165, 1.54) is 0 Å². The molecule has 0 aliphatic carbocycles. The number of rotatable bonds is 5. The summed E-state index contributed by atoms with van der Waals surface area (Å²) in [6.07, 6.45) is 3.42. The first kappa shape index (κ1) is 22.1. The van der Waals surface area contributed by atoms with Gasteiger partial charge in [-0.3, -0.25) is 9.59 Å². The van der Waals surface area contributed by atoms with Gasteiger partial charge in [0.1, 0.15) is 6.04 Å². The molecule has 0 saturated carbocycles. The van der Waals surface area contributed by atoms with Crippen molar-refractivity contribution in [3.63, 3.8) is 0 Å². The Balaban J connectivity index is 1.68. The van der Waals surface area contributed by atoms with Gasteiger partial charge >= 0.3 is 6.03 Å². The number of nitrogens with one attached hydrogen (secondary N) is 2. The predicted molar refractivity (Wildman–Crippen MR) is 116 cm³/mol. The molecule has 0 radical (unpaired) electrons. The van der Waals surface area contributed by atoms with Crippen molar-refractivity contribution in [2.75, 3.05) is 26.2 Å². The maximum atomic E-state index is 13.2. The molecule has 2 N–H and O–H groups in total. The summed E-state index contributed by atoms with van der Waals surface area (Å²) in [5, 5.41) is 5.95. The minimum atomic E-state index is -0.549. The van der Waals surface area contributed by atoms with Gasteiger partial charge in [0.2, 0.25) is 5.91 Å². The first-order valence-corrected chi connectivity index (χ1v) is 11.1. The SMILES string of the molecule is Cc1ccc(C(=O)N[C@H](C(=O)N2CCCC2)C2CCN(C(=O)NC(C)C)CC2)cc1. The predicted octanol–water partition coefficient (Wildman–Crippen LogP) is 2.55. The van der Waals surface area contributed by atoms with Gasteiger partial charge in [0.25, 0.3) is 5.91 Å². The van der Waals surface area contributed by atoms with Crippen LogP contribution in [0.5, 0.6) is 0 Å². The molecule has 2 fully saturated rings. The van der Waals surface area contributed by atoms with Crippen LogP contribution in [0, 0.1) is 12.8 Å². The monoisotopic (exact) mass is 414 g/mol. The summed E-state index contributed by atoms with van der Waals surface area (Å²) in [5.41, 5.74) is 1.65. The molecule has 1 aromatic carbocycles. The number of amides is 4. The van der Waals surface area contributed by atoms with Crippen molar-refractivity contribution in [3.8, 4) is 0 Å². The highest BCUT2D eigenvalue weighted by Gasteiger charge is 2.36. The Morgan fingerprint density at radius 3 is 2.07 bits per heavy atom. The number of hydrogen-bond acceptors (Lipinski definition) is 3. The second-order valence-corrected chi connectivity index (χ2v) is 8.78. The molecule has 1 atom stereocenters. The molecule has 0 bridgehead atoms. The van der Waals surface area contributed by atoms with Crippen molar-refractivity contribution in [3.05, 3.63) is 35.4 Å². The van der Waals surface area contributed by atoms with Crippen molar-refractivity contribution in [2.24, 2.45) is 5.92 Å². The molecule has 7 heteroatoms. The molecule has 0 unspecified atom stereocenters. The van der Waals surface area contributed by atoms with Gasteiger partial charge in [0, 0.05) is 37.8 Å². The van der Waals surface area contributed by atoms with E-state index < -0.39 is 6.04 Å². The van der Waals surface area contributed by atoms with Gasteiger partial charge in [0.15, 0.2) is 0 Å². The van der Waals surface area contributed by atoms with E-state index in [-0.39, 0.29) is 29.8 Å². The van der Waals surface area contributed by atoms with E-state index >= 15 is 0 Å². The van der Waals surface area contributed by atoms with Crippen LogP contribution < -0.4 is 10.6 Å². The van der Waals surface area contributed by atoms with Crippen molar-refractivity contribution >= 4 is 17.8 Å². The minimum Gasteiger partial charge on any atom is -0.341 e. The highest BCUT2D eigenvalue weighted by atomic mass is 16.2. The van der Waals surface area contributed by atoms with Crippen LogP contribution in [0.3, 0.4) is 0 Å². The number of piperidine rings is 1.